The Morgan fingerprint density at radius 2 is 1.88 bits per heavy atom. The van der Waals surface area contributed by atoms with Crippen molar-refractivity contribution in [3.8, 4) is 0 Å². The van der Waals surface area contributed by atoms with Gasteiger partial charge in [0, 0.05) is 18.4 Å². The lowest BCUT2D eigenvalue weighted by atomic mass is 9.75. The van der Waals surface area contributed by atoms with E-state index in [1.165, 1.54) is 12.1 Å². The van der Waals surface area contributed by atoms with Crippen LogP contribution >= 0.6 is 0 Å². The van der Waals surface area contributed by atoms with Crippen LogP contribution in [0.25, 0.3) is 0 Å². The van der Waals surface area contributed by atoms with Crippen LogP contribution in [0, 0.1) is 6.92 Å². The molecular formula is C19H19F3N2O. The molecule has 1 N–H and O–H groups in total. The summed E-state index contributed by atoms with van der Waals surface area (Å²) in [4.78, 5) is 16.1. The number of aromatic nitrogens is 1. The molecule has 1 aliphatic rings. The van der Waals surface area contributed by atoms with Crippen molar-refractivity contribution in [1.82, 2.24) is 10.3 Å². The van der Waals surface area contributed by atoms with Crippen LogP contribution in [0.4, 0.5) is 13.2 Å². The predicted molar refractivity (Wildman–Crippen MR) is 88.0 cm³/mol. The molecule has 0 atom stereocenters. The zero-order valence-electron chi connectivity index (χ0n) is 13.8. The number of hydrogen-bond acceptors (Lipinski definition) is 2. The van der Waals surface area contributed by atoms with Crippen LogP contribution in [-0.2, 0) is 17.4 Å². The van der Waals surface area contributed by atoms with Crippen molar-refractivity contribution in [2.24, 2.45) is 0 Å². The molecule has 0 aliphatic heterocycles. The summed E-state index contributed by atoms with van der Waals surface area (Å²) in [6.45, 7) is 1.92. The van der Waals surface area contributed by atoms with Gasteiger partial charge in [-0.15, -0.1) is 0 Å². The van der Waals surface area contributed by atoms with Crippen molar-refractivity contribution in [2.75, 3.05) is 0 Å². The Bertz CT molecular complexity index is 750. The van der Waals surface area contributed by atoms with E-state index in [0.717, 1.165) is 41.7 Å². The molecule has 0 unspecified atom stereocenters. The van der Waals surface area contributed by atoms with Gasteiger partial charge in [0.15, 0.2) is 0 Å². The minimum atomic E-state index is -4.31. The van der Waals surface area contributed by atoms with Crippen molar-refractivity contribution in [2.45, 2.75) is 44.3 Å². The summed E-state index contributed by atoms with van der Waals surface area (Å²) in [6, 6.07) is 7.22. The highest BCUT2D eigenvalue weighted by atomic mass is 19.4. The number of hydrogen-bond donors (Lipinski definition) is 1. The molecule has 1 aromatic heterocycles. The standard InChI is InChI=1S/C19H19F3N2O/c1-12-11-23-7-6-14(12)10-18(25)24-17-8-15(9-17)13-2-4-16(5-3-13)19(20,21)22/h2-7,11,15,17H,8-10H2,1H3,(H,24,25). The first-order valence-electron chi connectivity index (χ1n) is 8.19. The highest BCUT2D eigenvalue weighted by molar-refractivity contribution is 5.79. The van der Waals surface area contributed by atoms with Crippen molar-refractivity contribution < 1.29 is 18.0 Å². The molecule has 0 radical (unpaired) electrons. The number of carbonyl (C=O) groups is 1. The number of rotatable bonds is 4. The quantitative estimate of drug-likeness (QED) is 0.907. The second-order valence-corrected chi connectivity index (χ2v) is 6.53. The van der Waals surface area contributed by atoms with Crippen LogP contribution in [0.5, 0.6) is 0 Å². The van der Waals surface area contributed by atoms with Gasteiger partial charge in [0.05, 0.1) is 12.0 Å². The second-order valence-electron chi connectivity index (χ2n) is 6.53. The molecule has 1 aliphatic carbocycles. The largest absolute Gasteiger partial charge is 0.416 e. The van der Waals surface area contributed by atoms with E-state index in [-0.39, 0.29) is 17.9 Å². The molecule has 3 nitrogen and oxygen atoms in total. The SMILES string of the molecule is Cc1cnccc1CC(=O)NC1CC(c2ccc(C(F)(F)F)cc2)C1. The van der Waals surface area contributed by atoms with E-state index in [0.29, 0.717) is 6.42 Å². The molecule has 1 heterocycles. The molecule has 1 aromatic carbocycles. The summed E-state index contributed by atoms with van der Waals surface area (Å²) < 4.78 is 37.7. The van der Waals surface area contributed by atoms with Gasteiger partial charge in [0.25, 0.3) is 0 Å². The third-order valence-corrected chi connectivity index (χ3v) is 4.70. The third kappa shape index (κ3) is 4.18. The molecule has 1 amide bonds. The Morgan fingerprint density at radius 3 is 2.48 bits per heavy atom. The van der Waals surface area contributed by atoms with Crippen LogP contribution < -0.4 is 5.32 Å². The zero-order valence-corrected chi connectivity index (χ0v) is 13.8. The van der Waals surface area contributed by atoms with Gasteiger partial charge in [-0.3, -0.25) is 9.78 Å². The summed E-state index contributed by atoms with van der Waals surface area (Å²) in [5, 5.41) is 2.99. The molecule has 2 aromatic rings. The van der Waals surface area contributed by atoms with E-state index in [4.69, 9.17) is 0 Å². The van der Waals surface area contributed by atoms with E-state index >= 15 is 0 Å². The van der Waals surface area contributed by atoms with Gasteiger partial charge in [-0.05, 0) is 60.6 Å². The van der Waals surface area contributed by atoms with Crippen molar-refractivity contribution in [3.05, 3.63) is 65.0 Å². The monoisotopic (exact) mass is 348 g/mol. The smallest absolute Gasteiger partial charge is 0.353 e. The topological polar surface area (TPSA) is 42.0 Å². The van der Waals surface area contributed by atoms with E-state index in [2.05, 4.69) is 10.3 Å². The van der Waals surface area contributed by atoms with Crippen LogP contribution in [0.1, 0.15) is 41.0 Å². The number of benzene rings is 1. The maximum absolute atomic E-state index is 12.6. The van der Waals surface area contributed by atoms with Crippen LogP contribution in [0.3, 0.4) is 0 Å². The number of alkyl halides is 3. The second kappa shape index (κ2) is 6.86. The first-order chi connectivity index (χ1) is 11.8. The minimum absolute atomic E-state index is 0.0369. The number of halogens is 3. The Labute approximate surface area is 144 Å². The van der Waals surface area contributed by atoms with Gasteiger partial charge >= 0.3 is 6.18 Å². The molecular weight excluding hydrogens is 329 g/mol. The third-order valence-electron chi connectivity index (χ3n) is 4.70. The van der Waals surface area contributed by atoms with E-state index in [1.807, 2.05) is 13.0 Å². The maximum Gasteiger partial charge on any atom is 0.416 e. The van der Waals surface area contributed by atoms with E-state index in [1.54, 1.807) is 12.4 Å². The first-order valence-corrected chi connectivity index (χ1v) is 8.19. The lowest BCUT2D eigenvalue weighted by molar-refractivity contribution is -0.137. The van der Waals surface area contributed by atoms with Crippen molar-refractivity contribution in [1.29, 1.82) is 0 Å². The van der Waals surface area contributed by atoms with E-state index < -0.39 is 11.7 Å². The van der Waals surface area contributed by atoms with Crippen LogP contribution in [0.2, 0.25) is 0 Å². The van der Waals surface area contributed by atoms with Crippen LogP contribution in [0.15, 0.2) is 42.7 Å². The average molecular weight is 348 g/mol. The molecule has 0 bridgehead atoms. The summed E-state index contributed by atoms with van der Waals surface area (Å²) in [7, 11) is 0. The molecule has 1 saturated carbocycles. The zero-order chi connectivity index (χ0) is 18.0. The number of amides is 1. The molecule has 132 valence electrons. The van der Waals surface area contributed by atoms with Gasteiger partial charge in [0.1, 0.15) is 0 Å². The predicted octanol–water partition coefficient (Wildman–Crippen LogP) is 4.01. The Hall–Kier alpha value is -2.37. The molecule has 3 rings (SSSR count). The summed E-state index contributed by atoms with van der Waals surface area (Å²) in [6.07, 6.45) is 0.917. The highest BCUT2D eigenvalue weighted by Crippen LogP contribution is 2.38. The normalized spacial score (nSPS) is 20.0. The minimum Gasteiger partial charge on any atom is -0.353 e. The van der Waals surface area contributed by atoms with Gasteiger partial charge in [-0.25, -0.2) is 0 Å². The number of pyridine rings is 1. The van der Waals surface area contributed by atoms with Gasteiger partial charge in [0.2, 0.25) is 5.91 Å². The van der Waals surface area contributed by atoms with Gasteiger partial charge < -0.3 is 5.32 Å². The molecule has 1 fully saturated rings. The average Bonchev–Trinajstić information content (AvgIpc) is 2.52. The fourth-order valence-corrected chi connectivity index (χ4v) is 3.10. The molecule has 25 heavy (non-hydrogen) atoms. The van der Waals surface area contributed by atoms with Crippen molar-refractivity contribution in [3.63, 3.8) is 0 Å². The summed E-state index contributed by atoms with van der Waals surface area (Å²) >= 11 is 0. The fraction of sp³-hybridized carbons (Fsp3) is 0.368. The first kappa shape index (κ1) is 17.5. The molecule has 0 spiro atoms. The van der Waals surface area contributed by atoms with Gasteiger partial charge in [-0.2, -0.15) is 13.2 Å². The number of nitrogens with zero attached hydrogens (tertiary/aromatic N) is 1. The van der Waals surface area contributed by atoms with Crippen molar-refractivity contribution >= 4 is 5.91 Å². The van der Waals surface area contributed by atoms with Gasteiger partial charge in [-0.1, -0.05) is 12.1 Å². The molecule has 0 saturated heterocycles. The lowest BCUT2D eigenvalue weighted by Crippen LogP contribution is -2.44. The van der Waals surface area contributed by atoms with Crippen LogP contribution in [-0.4, -0.2) is 16.9 Å². The highest BCUT2D eigenvalue weighted by Gasteiger charge is 2.33. The summed E-state index contributed by atoms with van der Waals surface area (Å²) in [5.74, 6) is 0.167. The maximum atomic E-state index is 12.6. The number of aryl methyl sites for hydroxylation is 1. The van der Waals surface area contributed by atoms with E-state index in [9.17, 15) is 18.0 Å². The lowest BCUT2D eigenvalue weighted by Gasteiger charge is -2.36. The number of carbonyl (C=O) groups excluding carboxylic acids is 1. The fourth-order valence-electron chi connectivity index (χ4n) is 3.10. The Balaban J connectivity index is 1.49. The Kier molecular flexibility index (Phi) is 4.79. The number of nitrogens with one attached hydrogen (secondary N) is 1. The Morgan fingerprint density at radius 1 is 1.20 bits per heavy atom. The summed E-state index contributed by atoms with van der Waals surface area (Å²) in [5.41, 5.74) is 2.19. The molecule has 6 heteroatoms.